The highest BCUT2D eigenvalue weighted by molar-refractivity contribution is 6.17. The van der Waals surface area contributed by atoms with E-state index >= 15 is 0 Å². The Labute approximate surface area is 113 Å². The van der Waals surface area contributed by atoms with Crippen molar-refractivity contribution in [3.05, 3.63) is 60.2 Å². The standard InChI is InChI=1S/C16H17NO2/c1-2-3-4-9-14(16(18)19)13-10-5-7-12-8-6-11-17-15(12)13/h2-5,7,9-10,17H,1,6,8,11H2,(H,18,19)/b4-3+,14-9+. The molecule has 0 radical (unpaired) electrons. The molecule has 1 heterocycles. The molecule has 0 amide bonds. The Hall–Kier alpha value is -2.29. The van der Waals surface area contributed by atoms with E-state index in [0.29, 0.717) is 5.57 Å². The second kappa shape index (κ2) is 6.05. The van der Waals surface area contributed by atoms with Gasteiger partial charge in [-0.15, -0.1) is 0 Å². The van der Waals surface area contributed by atoms with E-state index in [1.807, 2.05) is 18.2 Å². The van der Waals surface area contributed by atoms with Gasteiger partial charge in [0.15, 0.2) is 0 Å². The number of aryl methyl sites for hydroxylation is 1. The summed E-state index contributed by atoms with van der Waals surface area (Å²) >= 11 is 0. The number of carboxylic acid groups (broad SMARTS) is 1. The van der Waals surface area contributed by atoms with E-state index in [9.17, 15) is 9.90 Å². The second-order valence-corrected chi connectivity index (χ2v) is 4.38. The van der Waals surface area contributed by atoms with Gasteiger partial charge in [0.1, 0.15) is 0 Å². The van der Waals surface area contributed by atoms with E-state index < -0.39 is 5.97 Å². The van der Waals surface area contributed by atoms with Gasteiger partial charge in [0.05, 0.1) is 5.57 Å². The molecule has 0 aliphatic carbocycles. The molecule has 0 atom stereocenters. The van der Waals surface area contributed by atoms with Crippen molar-refractivity contribution in [1.29, 1.82) is 0 Å². The fourth-order valence-electron chi connectivity index (χ4n) is 2.24. The Morgan fingerprint density at radius 3 is 2.95 bits per heavy atom. The number of aliphatic carboxylic acids is 1. The molecule has 1 aliphatic heterocycles. The molecule has 1 aromatic rings. The normalized spacial score (nSPS) is 14.8. The van der Waals surface area contributed by atoms with Crippen molar-refractivity contribution >= 4 is 17.2 Å². The molecular formula is C16H17NO2. The van der Waals surface area contributed by atoms with Crippen LogP contribution < -0.4 is 5.32 Å². The number of carboxylic acids is 1. The SMILES string of the molecule is C=C/C=C/C=C(/C(=O)O)c1cccc2c1NCCC2. The van der Waals surface area contributed by atoms with Crippen LogP contribution in [0.15, 0.2) is 49.1 Å². The Kier molecular flexibility index (Phi) is 4.18. The summed E-state index contributed by atoms with van der Waals surface area (Å²) in [5, 5.41) is 12.7. The molecule has 3 heteroatoms. The van der Waals surface area contributed by atoms with Gasteiger partial charge < -0.3 is 10.4 Å². The molecule has 1 aliphatic rings. The van der Waals surface area contributed by atoms with Crippen molar-refractivity contribution in [2.45, 2.75) is 12.8 Å². The molecule has 98 valence electrons. The van der Waals surface area contributed by atoms with Gasteiger partial charge in [0.25, 0.3) is 0 Å². The maximum Gasteiger partial charge on any atom is 0.336 e. The molecule has 2 N–H and O–H groups in total. The summed E-state index contributed by atoms with van der Waals surface area (Å²) in [4.78, 5) is 11.4. The van der Waals surface area contributed by atoms with E-state index in [1.165, 1.54) is 5.56 Å². The van der Waals surface area contributed by atoms with Gasteiger partial charge in [-0.2, -0.15) is 0 Å². The van der Waals surface area contributed by atoms with Crippen LogP contribution in [0.1, 0.15) is 17.5 Å². The molecule has 0 saturated carbocycles. The molecule has 0 spiro atoms. The van der Waals surface area contributed by atoms with Gasteiger partial charge in [0.2, 0.25) is 0 Å². The quantitative estimate of drug-likeness (QED) is 0.641. The van der Waals surface area contributed by atoms with Crippen LogP contribution in [0.5, 0.6) is 0 Å². The fourth-order valence-corrected chi connectivity index (χ4v) is 2.24. The number of hydrogen-bond acceptors (Lipinski definition) is 2. The monoisotopic (exact) mass is 255 g/mol. The Morgan fingerprint density at radius 2 is 2.21 bits per heavy atom. The van der Waals surface area contributed by atoms with Crippen LogP contribution in [0.3, 0.4) is 0 Å². The number of fused-ring (bicyclic) bond motifs is 1. The molecule has 0 bridgehead atoms. The Balaban J connectivity index is 2.48. The molecule has 0 saturated heterocycles. The highest BCUT2D eigenvalue weighted by Gasteiger charge is 2.18. The lowest BCUT2D eigenvalue weighted by Gasteiger charge is -2.21. The van der Waals surface area contributed by atoms with Crippen LogP contribution >= 0.6 is 0 Å². The van der Waals surface area contributed by atoms with Gasteiger partial charge in [-0.3, -0.25) is 0 Å². The topological polar surface area (TPSA) is 49.3 Å². The van der Waals surface area contributed by atoms with Crippen molar-refractivity contribution < 1.29 is 9.90 Å². The number of anilines is 1. The lowest BCUT2D eigenvalue weighted by molar-refractivity contribution is -0.130. The van der Waals surface area contributed by atoms with Crippen LogP contribution in [0.2, 0.25) is 0 Å². The first-order valence-corrected chi connectivity index (χ1v) is 6.33. The summed E-state index contributed by atoms with van der Waals surface area (Å²) in [5.74, 6) is -0.922. The third kappa shape index (κ3) is 2.94. The van der Waals surface area contributed by atoms with Crippen LogP contribution in [-0.2, 0) is 11.2 Å². The molecule has 0 unspecified atom stereocenters. The van der Waals surface area contributed by atoms with Crippen LogP contribution in [0.25, 0.3) is 5.57 Å². The molecule has 3 nitrogen and oxygen atoms in total. The van der Waals surface area contributed by atoms with E-state index in [2.05, 4.69) is 11.9 Å². The van der Waals surface area contributed by atoms with Crippen LogP contribution in [0.4, 0.5) is 5.69 Å². The van der Waals surface area contributed by atoms with E-state index in [4.69, 9.17) is 0 Å². The molecule has 2 rings (SSSR count). The van der Waals surface area contributed by atoms with E-state index in [-0.39, 0.29) is 0 Å². The maximum atomic E-state index is 11.4. The van der Waals surface area contributed by atoms with E-state index in [0.717, 1.165) is 30.6 Å². The van der Waals surface area contributed by atoms with Crippen molar-refractivity contribution in [2.24, 2.45) is 0 Å². The number of para-hydroxylation sites is 1. The number of benzene rings is 1. The zero-order valence-corrected chi connectivity index (χ0v) is 10.7. The first-order chi connectivity index (χ1) is 9.24. The lowest BCUT2D eigenvalue weighted by atomic mass is 9.95. The first-order valence-electron chi connectivity index (χ1n) is 6.33. The van der Waals surface area contributed by atoms with Gasteiger partial charge in [-0.1, -0.05) is 43.0 Å². The predicted molar refractivity (Wildman–Crippen MR) is 78.2 cm³/mol. The predicted octanol–water partition coefficient (Wildman–Crippen LogP) is 3.25. The number of allylic oxidation sites excluding steroid dienone is 4. The summed E-state index contributed by atoms with van der Waals surface area (Å²) in [6.45, 7) is 4.46. The van der Waals surface area contributed by atoms with Crippen molar-refractivity contribution in [1.82, 2.24) is 0 Å². The first kappa shape index (κ1) is 13.1. The maximum absolute atomic E-state index is 11.4. The molecule has 0 fully saturated rings. The third-order valence-electron chi connectivity index (χ3n) is 3.11. The number of nitrogens with one attached hydrogen (secondary N) is 1. The summed E-state index contributed by atoms with van der Waals surface area (Å²) in [5.41, 5.74) is 3.18. The number of hydrogen-bond donors (Lipinski definition) is 2. The summed E-state index contributed by atoms with van der Waals surface area (Å²) in [7, 11) is 0. The smallest absolute Gasteiger partial charge is 0.336 e. The van der Waals surface area contributed by atoms with Crippen molar-refractivity contribution in [3.8, 4) is 0 Å². The summed E-state index contributed by atoms with van der Waals surface area (Å²) < 4.78 is 0. The average Bonchev–Trinajstić information content (AvgIpc) is 2.43. The van der Waals surface area contributed by atoms with E-state index in [1.54, 1.807) is 24.3 Å². The van der Waals surface area contributed by atoms with Gasteiger partial charge in [-0.05, 0) is 24.5 Å². The minimum absolute atomic E-state index is 0.296. The zero-order valence-electron chi connectivity index (χ0n) is 10.7. The molecule has 19 heavy (non-hydrogen) atoms. The zero-order chi connectivity index (χ0) is 13.7. The Morgan fingerprint density at radius 1 is 1.37 bits per heavy atom. The number of rotatable bonds is 4. The minimum atomic E-state index is -0.922. The average molecular weight is 255 g/mol. The lowest BCUT2D eigenvalue weighted by Crippen LogP contribution is -2.14. The van der Waals surface area contributed by atoms with Gasteiger partial charge in [-0.25, -0.2) is 4.79 Å². The van der Waals surface area contributed by atoms with Gasteiger partial charge >= 0.3 is 5.97 Å². The third-order valence-corrected chi connectivity index (χ3v) is 3.11. The Bertz CT molecular complexity index is 556. The molecular weight excluding hydrogens is 238 g/mol. The summed E-state index contributed by atoms with van der Waals surface area (Å²) in [6, 6.07) is 5.80. The highest BCUT2D eigenvalue weighted by atomic mass is 16.4. The summed E-state index contributed by atoms with van der Waals surface area (Å²) in [6.07, 6.45) is 8.71. The van der Waals surface area contributed by atoms with Gasteiger partial charge in [0, 0.05) is 17.8 Å². The molecule has 1 aromatic carbocycles. The fraction of sp³-hybridized carbons (Fsp3) is 0.188. The minimum Gasteiger partial charge on any atom is -0.478 e. The highest BCUT2D eigenvalue weighted by Crippen LogP contribution is 2.31. The largest absolute Gasteiger partial charge is 0.478 e. The van der Waals surface area contributed by atoms with Crippen molar-refractivity contribution in [2.75, 3.05) is 11.9 Å². The van der Waals surface area contributed by atoms with Crippen LogP contribution in [-0.4, -0.2) is 17.6 Å². The van der Waals surface area contributed by atoms with Crippen molar-refractivity contribution in [3.63, 3.8) is 0 Å². The second-order valence-electron chi connectivity index (χ2n) is 4.38. The number of carbonyl (C=O) groups is 1. The molecule has 0 aromatic heterocycles. The van der Waals surface area contributed by atoms with Crippen LogP contribution in [0, 0.1) is 0 Å².